The summed E-state index contributed by atoms with van der Waals surface area (Å²) in [5.41, 5.74) is 6.03. The summed E-state index contributed by atoms with van der Waals surface area (Å²) in [4.78, 5) is 0. The highest BCUT2D eigenvalue weighted by atomic mass is 16.5. The normalized spacial score (nSPS) is 8.33. The van der Waals surface area contributed by atoms with E-state index in [0.717, 1.165) is 12.3 Å². The third-order valence-corrected chi connectivity index (χ3v) is 1.31. The Morgan fingerprint density at radius 1 is 1.33 bits per heavy atom. The molecule has 0 saturated heterocycles. The van der Waals surface area contributed by atoms with Gasteiger partial charge in [0.25, 0.3) is 0 Å². The first kappa shape index (κ1) is 11.0. The number of hydrogen-bond acceptors (Lipinski definition) is 2. The third kappa shape index (κ3) is 3.98. The molecule has 0 saturated carbocycles. The molecule has 12 heavy (non-hydrogen) atoms. The first-order valence-electron chi connectivity index (χ1n) is 4.06. The molecule has 0 aliphatic rings. The predicted molar refractivity (Wildman–Crippen MR) is 52.5 cm³/mol. The lowest BCUT2D eigenvalue weighted by molar-refractivity contribution is 0.411. The van der Waals surface area contributed by atoms with Crippen LogP contribution < -0.4 is 10.5 Å². The van der Waals surface area contributed by atoms with Crippen LogP contribution in [0.1, 0.15) is 12.5 Å². The van der Waals surface area contributed by atoms with Crippen LogP contribution in [0, 0.1) is 6.92 Å². The minimum atomic E-state index is 0.750. The minimum absolute atomic E-state index is 0.750. The Morgan fingerprint density at radius 2 is 1.83 bits per heavy atom. The summed E-state index contributed by atoms with van der Waals surface area (Å²) in [7, 11) is 1.68. The molecule has 1 rings (SSSR count). The molecule has 68 valence electrons. The van der Waals surface area contributed by atoms with Crippen molar-refractivity contribution in [2.45, 2.75) is 13.8 Å². The largest absolute Gasteiger partial charge is 0.496 e. The quantitative estimate of drug-likeness (QED) is 0.694. The summed E-state index contributed by atoms with van der Waals surface area (Å²) in [5.74, 6) is 0.956. The van der Waals surface area contributed by atoms with Crippen molar-refractivity contribution in [2.24, 2.45) is 5.73 Å². The molecule has 0 spiro atoms. The van der Waals surface area contributed by atoms with Crippen molar-refractivity contribution in [2.75, 3.05) is 13.7 Å². The highest BCUT2D eigenvalue weighted by molar-refractivity contribution is 5.31. The smallest absolute Gasteiger partial charge is 0.121 e. The van der Waals surface area contributed by atoms with E-state index in [4.69, 9.17) is 10.5 Å². The van der Waals surface area contributed by atoms with Crippen LogP contribution in [0.2, 0.25) is 0 Å². The summed E-state index contributed by atoms with van der Waals surface area (Å²) in [6, 6.07) is 7.94. The molecule has 0 bridgehead atoms. The molecule has 1 aromatic carbocycles. The monoisotopic (exact) mass is 167 g/mol. The molecular weight excluding hydrogens is 150 g/mol. The molecule has 0 amide bonds. The maximum absolute atomic E-state index is 5.04. The predicted octanol–water partition coefficient (Wildman–Crippen LogP) is 1.97. The number of hydrogen-bond donors (Lipinski definition) is 1. The summed E-state index contributed by atoms with van der Waals surface area (Å²) in [5, 5.41) is 0. The van der Waals surface area contributed by atoms with Gasteiger partial charge in [0.2, 0.25) is 0 Å². The van der Waals surface area contributed by atoms with Crippen molar-refractivity contribution in [1.82, 2.24) is 0 Å². The van der Waals surface area contributed by atoms with E-state index in [1.807, 2.05) is 38.1 Å². The van der Waals surface area contributed by atoms with Gasteiger partial charge in [-0.05, 0) is 25.1 Å². The van der Waals surface area contributed by atoms with Crippen LogP contribution in [-0.2, 0) is 0 Å². The number of methoxy groups -OCH3 is 1. The number of nitrogens with two attached hydrogens (primary N) is 1. The van der Waals surface area contributed by atoms with Gasteiger partial charge in [0.1, 0.15) is 5.75 Å². The molecule has 0 fully saturated rings. The molecule has 2 nitrogen and oxygen atoms in total. The van der Waals surface area contributed by atoms with Gasteiger partial charge < -0.3 is 10.5 Å². The van der Waals surface area contributed by atoms with E-state index in [9.17, 15) is 0 Å². The van der Waals surface area contributed by atoms with Crippen molar-refractivity contribution >= 4 is 0 Å². The average Bonchev–Trinajstić information content (AvgIpc) is 2.07. The highest BCUT2D eigenvalue weighted by Gasteiger charge is 1.90. The van der Waals surface area contributed by atoms with E-state index in [-0.39, 0.29) is 0 Å². The van der Waals surface area contributed by atoms with E-state index in [1.54, 1.807) is 7.11 Å². The van der Waals surface area contributed by atoms with Crippen LogP contribution in [0.3, 0.4) is 0 Å². The number of ether oxygens (including phenoxy) is 1. The summed E-state index contributed by atoms with van der Waals surface area (Å²) in [6.07, 6.45) is 0. The van der Waals surface area contributed by atoms with Crippen LogP contribution in [0.4, 0.5) is 0 Å². The Morgan fingerprint density at radius 3 is 2.17 bits per heavy atom. The van der Waals surface area contributed by atoms with E-state index in [0.29, 0.717) is 0 Å². The van der Waals surface area contributed by atoms with E-state index in [1.165, 1.54) is 5.56 Å². The van der Waals surface area contributed by atoms with Gasteiger partial charge in [-0.3, -0.25) is 0 Å². The van der Waals surface area contributed by atoms with Gasteiger partial charge in [0.15, 0.2) is 0 Å². The van der Waals surface area contributed by atoms with Gasteiger partial charge in [-0.2, -0.15) is 0 Å². The first-order valence-corrected chi connectivity index (χ1v) is 4.06. The second-order valence-corrected chi connectivity index (χ2v) is 2.38. The van der Waals surface area contributed by atoms with Crippen LogP contribution in [0.15, 0.2) is 24.3 Å². The zero-order valence-corrected chi connectivity index (χ0v) is 8.00. The summed E-state index contributed by atoms with van der Waals surface area (Å²) in [6.45, 7) is 4.68. The Bertz CT molecular complexity index is 211. The van der Waals surface area contributed by atoms with Gasteiger partial charge in [0, 0.05) is 0 Å². The highest BCUT2D eigenvalue weighted by Crippen LogP contribution is 2.14. The average molecular weight is 167 g/mol. The molecule has 0 atom stereocenters. The molecule has 0 aliphatic carbocycles. The molecule has 0 aliphatic heterocycles. The lowest BCUT2D eigenvalue weighted by Gasteiger charge is -2.00. The molecule has 0 unspecified atom stereocenters. The Hall–Kier alpha value is -1.02. The maximum Gasteiger partial charge on any atom is 0.121 e. The lowest BCUT2D eigenvalue weighted by atomic mass is 10.2. The van der Waals surface area contributed by atoms with Gasteiger partial charge in [-0.25, -0.2) is 0 Å². The van der Waals surface area contributed by atoms with Crippen molar-refractivity contribution in [1.29, 1.82) is 0 Å². The van der Waals surface area contributed by atoms with Crippen LogP contribution >= 0.6 is 0 Å². The van der Waals surface area contributed by atoms with E-state index >= 15 is 0 Å². The maximum atomic E-state index is 5.04. The summed E-state index contributed by atoms with van der Waals surface area (Å²) >= 11 is 0. The fraction of sp³-hybridized carbons (Fsp3) is 0.400. The standard InChI is InChI=1S/C8H10O.C2H7N/c1-7-5-3-4-6-8(7)9-2;1-2-3/h3-6H,1-2H3;2-3H2,1H3. The Labute approximate surface area is 74.4 Å². The third-order valence-electron chi connectivity index (χ3n) is 1.31. The van der Waals surface area contributed by atoms with Crippen molar-refractivity contribution < 1.29 is 4.74 Å². The van der Waals surface area contributed by atoms with E-state index in [2.05, 4.69) is 0 Å². The molecular formula is C10H17NO. The number of aryl methyl sites for hydroxylation is 1. The molecule has 0 heterocycles. The molecule has 2 heteroatoms. The first-order chi connectivity index (χ1) is 5.76. The van der Waals surface area contributed by atoms with Crippen molar-refractivity contribution in [3.05, 3.63) is 29.8 Å². The number of para-hydroxylation sites is 1. The SMILES string of the molecule is CCN.COc1ccccc1C. The van der Waals surface area contributed by atoms with E-state index < -0.39 is 0 Å². The Kier molecular flexibility index (Phi) is 6.11. The number of benzene rings is 1. The van der Waals surface area contributed by atoms with Gasteiger partial charge >= 0.3 is 0 Å². The Balaban J connectivity index is 0.000000354. The second-order valence-electron chi connectivity index (χ2n) is 2.38. The van der Waals surface area contributed by atoms with Crippen LogP contribution in [0.25, 0.3) is 0 Å². The van der Waals surface area contributed by atoms with Crippen molar-refractivity contribution in [3.8, 4) is 5.75 Å². The summed E-state index contributed by atoms with van der Waals surface area (Å²) < 4.78 is 5.04. The molecule has 0 radical (unpaired) electrons. The zero-order valence-electron chi connectivity index (χ0n) is 8.00. The van der Waals surface area contributed by atoms with Gasteiger partial charge in [-0.1, -0.05) is 25.1 Å². The van der Waals surface area contributed by atoms with Crippen molar-refractivity contribution in [3.63, 3.8) is 0 Å². The fourth-order valence-electron chi connectivity index (χ4n) is 0.785. The topological polar surface area (TPSA) is 35.2 Å². The minimum Gasteiger partial charge on any atom is -0.496 e. The fourth-order valence-corrected chi connectivity index (χ4v) is 0.785. The lowest BCUT2D eigenvalue weighted by Crippen LogP contribution is -1.87. The molecule has 2 N–H and O–H groups in total. The van der Waals surface area contributed by atoms with Crippen LogP contribution in [0.5, 0.6) is 5.75 Å². The molecule has 1 aromatic rings. The second kappa shape index (κ2) is 6.68. The molecule has 0 aromatic heterocycles. The zero-order chi connectivity index (χ0) is 9.40. The van der Waals surface area contributed by atoms with Crippen LogP contribution in [-0.4, -0.2) is 13.7 Å². The number of rotatable bonds is 1. The van der Waals surface area contributed by atoms with Gasteiger partial charge in [0.05, 0.1) is 7.11 Å². The van der Waals surface area contributed by atoms with Gasteiger partial charge in [-0.15, -0.1) is 0 Å².